The second-order valence-corrected chi connectivity index (χ2v) is 7.39. The van der Waals surface area contributed by atoms with Gasteiger partial charge in [-0.15, -0.1) is 5.10 Å². The van der Waals surface area contributed by atoms with Crippen LogP contribution in [0.4, 0.5) is 0 Å². The van der Waals surface area contributed by atoms with Gasteiger partial charge in [-0.3, -0.25) is 4.79 Å². The molecule has 0 atom stereocenters. The summed E-state index contributed by atoms with van der Waals surface area (Å²) in [6.45, 7) is 0.965. The van der Waals surface area contributed by atoms with Gasteiger partial charge in [0.25, 0.3) is 0 Å². The van der Waals surface area contributed by atoms with Gasteiger partial charge in [-0.2, -0.15) is 0 Å². The summed E-state index contributed by atoms with van der Waals surface area (Å²) in [5.41, 5.74) is 3.40. The predicted molar refractivity (Wildman–Crippen MR) is 121 cm³/mol. The van der Waals surface area contributed by atoms with E-state index in [0.29, 0.717) is 29.5 Å². The van der Waals surface area contributed by atoms with Crippen molar-refractivity contribution in [2.75, 3.05) is 0 Å². The lowest BCUT2D eigenvalue weighted by atomic mass is 10.1. The summed E-state index contributed by atoms with van der Waals surface area (Å²) in [5, 5.41) is 8.95. The van der Waals surface area contributed by atoms with Crippen LogP contribution in [-0.2, 0) is 13.2 Å². The van der Waals surface area contributed by atoms with Crippen molar-refractivity contribution in [2.24, 2.45) is 0 Å². The van der Waals surface area contributed by atoms with Crippen molar-refractivity contribution in [3.05, 3.63) is 119 Å². The van der Waals surface area contributed by atoms with E-state index in [-0.39, 0.29) is 5.78 Å². The number of rotatable bonds is 8. The van der Waals surface area contributed by atoms with E-state index in [1.807, 2.05) is 48.7 Å². The molecule has 1 heterocycles. The second-order valence-electron chi connectivity index (χ2n) is 6.96. The Morgan fingerprint density at radius 3 is 2.45 bits per heavy atom. The first-order valence-corrected chi connectivity index (χ1v) is 10.2. The van der Waals surface area contributed by atoms with Gasteiger partial charge in [0.1, 0.15) is 18.1 Å². The van der Waals surface area contributed by atoms with Gasteiger partial charge in [-0.1, -0.05) is 65.4 Å². The molecule has 0 aliphatic heterocycles. The molecular weight excluding hydrogens is 410 g/mol. The first-order valence-electron chi connectivity index (χ1n) is 9.79. The van der Waals surface area contributed by atoms with E-state index >= 15 is 0 Å². The highest BCUT2D eigenvalue weighted by molar-refractivity contribution is 6.30. The van der Waals surface area contributed by atoms with E-state index in [0.717, 1.165) is 16.8 Å². The van der Waals surface area contributed by atoms with Crippen LogP contribution in [0.15, 0.2) is 91.1 Å². The van der Waals surface area contributed by atoms with Gasteiger partial charge < -0.3 is 4.74 Å². The van der Waals surface area contributed by atoms with E-state index in [2.05, 4.69) is 10.3 Å². The molecule has 0 fully saturated rings. The molecule has 0 unspecified atom stereocenters. The number of nitrogens with zero attached hydrogens (tertiary/aromatic N) is 3. The fourth-order valence-corrected chi connectivity index (χ4v) is 3.09. The molecule has 0 spiro atoms. The molecule has 5 nitrogen and oxygen atoms in total. The van der Waals surface area contributed by atoms with Crippen molar-refractivity contribution in [1.82, 2.24) is 15.0 Å². The number of carbonyl (C=O) groups excluding carboxylic acids is 1. The zero-order chi connectivity index (χ0) is 21.5. The van der Waals surface area contributed by atoms with Crippen LogP contribution >= 0.6 is 11.6 Å². The summed E-state index contributed by atoms with van der Waals surface area (Å²) in [7, 11) is 0. The lowest BCUT2D eigenvalue weighted by molar-refractivity contribution is 0.104. The smallest absolute Gasteiger partial charge is 0.185 e. The maximum absolute atomic E-state index is 12.4. The maximum atomic E-state index is 12.4. The van der Waals surface area contributed by atoms with E-state index < -0.39 is 0 Å². The zero-order valence-electron chi connectivity index (χ0n) is 16.7. The van der Waals surface area contributed by atoms with Crippen LogP contribution in [0.1, 0.15) is 27.2 Å². The number of ether oxygens (including phenoxy) is 1. The minimum atomic E-state index is -0.0784. The van der Waals surface area contributed by atoms with Gasteiger partial charge in [0, 0.05) is 10.6 Å². The Hall–Kier alpha value is -3.70. The summed E-state index contributed by atoms with van der Waals surface area (Å²) in [4.78, 5) is 12.4. The molecule has 0 saturated heterocycles. The Labute approximate surface area is 185 Å². The molecule has 0 bridgehead atoms. The molecule has 1 aromatic heterocycles. The fraction of sp³-hybridized carbons (Fsp3) is 0.0800. The largest absolute Gasteiger partial charge is 0.487 e. The Kier molecular flexibility index (Phi) is 6.55. The van der Waals surface area contributed by atoms with Crippen LogP contribution in [0.25, 0.3) is 6.08 Å². The topological polar surface area (TPSA) is 57.0 Å². The SMILES string of the molecule is O=C(/C=C/c1ccc(Cl)cc1)c1ccc(OCc2cn(Cc3ccccc3)nn2)cc1. The van der Waals surface area contributed by atoms with Crippen molar-refractivity contribution in [2.45, 2.75) is 13.2 Å². The lowest BCUT2D eigenvalue weighted by Crippen LogP contribution is -2.00. The number of hydrogen-bond donors (Lipinski definition) is 0. The Bertz CT molecular complexity index is 1170. The summed E-state index contributed by atoms with van der Waals surface area (Å²) < 4.78 is 7.55. The van der Waals surface area contributed by atoms with Crippen LogP contribution in [0.5, 0.6) is 5.75 Å². The van der Waals surface area contributed by atoms with E-state index in [1.165, 1.54) is 0 Å². The van der Waals surface area contributed by atoms with Crippen LogP contribution in [0.2, 0.25) is 5.02 Å². The molecule has 0 radical (unpaired) electrons. The van der Waals surface area contributed by atoms with Gasteiger partial charge in [-0.25, -0.2) is 4.68 Å². The number of allylic oxidation sites excluding steroid dienone is 1. The van der Waals surface area contributed by atoms with Crippen molar-refractivity contribution < 1.29 is 9.53 Å². The predicted octanol–water partition coefficient (Wildman–Crippen LogP) is 5.45. The molecule has 0 aliphatic rings. The Morgan fingerprint density at radius 1 is 0.968 bits per heavy atom. The molecular formula is C25H20ClN3O2. The molecule has 6 heteroatoms. The van der Waals surface area contributed by atoms with Crippen LogP contribution in [0, 0.1) is 0 Å². The highest BCUT2D eigenvalue weighted by Gasteiger charge is 2.05. The van der Waals surface area contributed by atoms with Crippen molar-refractivity contribution in [1.29, 1.82) is 0 Å². The second kappa shape index (κ2) is 9.87. The highest BCUT2D eigenvalue weighted by Crippen LogP contribution is 2.16. The minimum absolute atomic E-state index is 0.0784. The lowest BCUT2D eigenvalue weighted by Gasteiger charge is -2.04. The molecule has 4 rings (SSSR count). The van der Waals surface area contributed by atoms with Crippen LogP contribution in [0.3, 0.4) is 0 Å². The Balaban J connectivity index is 1.30. The molecule has 4 aromatic rings. The average molecular weight is 430 g/mol. The zero-order valence-corrected chi connectivity index (χ0v) is 17.4. The Morgan fingerprint density at radius 2 is 1.71 bits per heavy atom. The third kappa shape index (κ3) is 5.90. The summed E-state index contributed by atoms with van der Waals surface area (Å²) >= 11 is 5.87. The van der Waals surface area contributed by atoms with Crippen molar-refractivity contribution in [3.8, 4) is 5.75 Å². The summed E-state index contributed by atoms with van der Waals surface area (Å²) in [5.74, 6) is 0.584. The molecule has 154 valence electrons. The number of hydrogen-bond acceptors (Lipinski definition) is 4. The van der Waals surface area contributed by atoms with Gasteiger partial charge >= 0.3 is 0 Å². The minimum Gasteiger partial charge on any atom is -0.487 e. The maximum Gasteiger partial charge on any atom is 0.185 e. The highest BCUT2D eigenvalue weighted by atomic mass is 35.5. The monoisotopic (exact) mass is 429 g/mol. The van der Waals surface area contributed by atoms with Gasteiger partial charge in [0.2, 0.25) is 0 Å². The number of halogens is 1. The van der Waals surface area contributed by atoms with Gasteiger partial charge in [0.15, 0.2) is 5.78 Å². The fourth-order valence-electron chi connectivity index (χ4n) is 2.97. The average Bonchev–Trinajstić information content (AvgIpc) is 3.25. The summed E-state index contributed by atoms with van der Waals surface area (Å²) in [6.07, 6.45) is 5.18. The standard InChI is InChI=1S/C25H20ClN3O2/c26-22-11-6-19(7-12-22)8-15-25(30)21-9-13-24(14-10-21)31-18-23-17-29(28-27-23)16-20-4-2-1-3-5-20/h1-15,17H,16,18H2/b15-8+. The molecule has 0 saturated carbocycles. The van der Waals surface area contributed by atoms with E-state index in [9.17, 15) is 4.79 Å². The summed E-state index contributed by atoms with van der Waals surface area (Å²) in [6, 6.07) is 24.4. The number of benzene rings is 3. The van der Waals surface area contributed by atoms with Crippen LogP contribution < -0.4 is 4.74 Å². The van der Waals surface area contributed by atoms with Gasteiger partial charge in [0.05, 0.1) is 12.7 Å². The normalized spacial score (nSPS) is 11.0. The quantitative estimate of drug-likeness (QED) is 0.276. The number of aromatic nitrogens is 3. The van der Waals surface area contributed by atoms with Gasteiger partial charge in [-0.05, 0) is 53.6 Å². The third-order valence-electron chi connectivity index (χ3n) is 4.60. The molecule has 0 amide bonds. The number of carbonyl (C=O) groups is 1. The van der Waals surface area contributed by atoms with Crippen molar-refractivity contribution in [3.63, 3.8) is 0 Å². The molecule has 31 heavy (non-hydrogen) atoms. The first kappa shape index (κ1) is 20.6. The molecule has 0 N–H and O–H groups in total. The number of ketones is 1. The van der Waals surface area contributed by atoms with E-state index in [4.69, 9.17) is 16.3 Å². The van der Waals surface area contributed by atoms with Crippen molar-refractivity contribution >= 4 is 23.5 Å². The molecule has 0 aliphatic carbocycles. The van der Waals surface area contributed by atoms with Crippen LogP contribution in [-0.4, -0.2) is 20.8 Å². The first-order chi connectivity index (χ1) is 15.2. The molecule has 3 aromatic carbocycles. The third-order valence-corrected chi connectivity index (χ3v) is 4.85. The van der Waals surface area contributed by atoms with E-state index in [1.54, 1.807) is 53.2 Å².